The van der Waals surface area contributed by atoms with Crippen LogP contribution in [0.5, 0.6) is 0 Å². The average molecular weight is 1080 g/mol. The number of thioether (sulfide) groups is 2. The molecule has 2 aliphatic rings. The molecule has 4 aromatic heterocycles. The summed E-state index contributed by atoms with van der Waals surface area (Å²) in [5.41, 5.74) is 7.65. The van der Waals surface area contributed by atoms with E-state index in [2.05, 4.69) is 81.6 Å². The van der Waals surface area contributed by atoms with Crippen LogP contribution in [-0.2, 0) is 35.3 Å². The summed E-state index contributed by atoms with van der Waals surface area (Å²) in [5, 5.41) is 3.23. The summed E-state index contributed by atoms with van der Waals surface area (Å²) >= 11 is 10.6. The number of fused-ring (bicyclic) bond motifs is 3. The fourth-order valence-corrected chi connectivity index (χ4v) is 18.8. The normalized spacial score (nSPS) is 14.0. The Morgan fingerprint density at radius 3 is 1.19 bits per heavy atom. The quantitative estimate of drug-likeness (QED) is 0.0371. The minimum absolute atomic E-state index is 0.0924. The second-order valence-electron chi connectivity index (χ2n) is 21.5. The molecule has 2 nitrogen and oxygen atoms in total. The molecule has 6 heterocycles. The number of carbonyl (C=O) groups excluding carboxylic acids is 2. The van der Waals surface area contributed by atoms with Crippen molar-refractivity contribution in [3.63, 3.8) is 0 Å². The van der Waals surface area contributed by atoms with Crippen molar-refractivity contribution in [3.05, 3.63) is 71.7 Å². The summed E-state index contributed by atoms with van der Waals surface area (Å²) in [6.07, 6.45) is 44.4. The molecule has 394 valence electrons. The van der Waals surface area contributed by atoms with Crippen molar-refractivity contribution in [3.8, 4) is 19.5 Å². The highest BCUT2D eigenvalue weighted by atomic mass is 32.2. The molecule has 0 N–H and O–H groups in total. The number of thiophene rings is 4. The van der Waals surface area contributed by atoms with Crippen LogP contribution >= 0.6 is 68.9 Å². The van der Waals surface area contributed by atoms with Gasteiger partial charge in [0, 0.05) is 54.0 Å². The summed E-state index contributed by atoms with van der Waals surface area (Å²) in [5.74, 6) is 0. The van der Waals surface area contributed by atoms with Gasteiger partial charge >= 0.3 is 0 Å². The number of carbonyl (C=O) groups is 2. The summed E-state index contributed by atoms with van der Waals surface area (Å²) in [6.45, 7) is 13.5. The molecule has 0 atom stereocenters. The Balaban J connectivity index is 1.27. The number of rotatable bonds is 37. The largest absolute Gasteiger partial charge is 0.282 e. The monoisotopic (exact) mass is 1080 g/mol. The Bertz CT molecular complexity index is 2490. The molecule has 0 saturated carbocycles. The van der Waals surface area contributed by atoms with Crippen LogP contribution in [0.2, 0.25) is 0 Å². The van der Waals surface area contributed by atoms with E-state index in [1.807, 2.05) is 29.6 Å². The highest BCUT2D eigenvalue weighted by molar-refractivity contribution is 8.25. The summed E-state index contributed by atoms with van der Waals surface area (Å²) in [4.78, 5) is 36.8. The average Bonchev–Trinajstić information content (AvgIpc) is 4.25. The fraction of sp³-hybridized carbons (Fsp3) is 0.625. The second-order valence-corrected chi connectivity index (χ2v) is 27.8. The lowest BCUT2D eigenvalue weighted by Gasteiger charge is -2.12. The molecule has 0 amide bonds. The molecule has 5 aromatic rings. The van der Waals surface area contributed by atoms with Gasteiger partial charge in [-0.2, -0.15) is 0 Å². The van der Waals surface area contributed by atoms with E-state index < -0.39 is 0 Å². The van der Waals surface area contributed by atoms with Crippen molar-refractivity contribution in [1.29, 1.82) is 0 Å². The lowest BCUT2D eigenvalue weighted by Crippen LogP contribution is -1.93. The first kappa shape index (κ1) is 57.8. The van der Waals surface area contributed by atoms with Crippen LogP contribution in [0.3, 0.4) is 0 Å². The zero-order valence-electron chi connectivity index (χ0n) is 45.6. The van der Waals surface area contributed by atoms with Gasteiger partial charge in [-0.15, -0.1) is 45.3 Å². The molecular weight excluding hydrogens is 993 g/mol. The van der Waals surface area contributed by atoms with Crippen LogP contribution in [0.25, 0.3) is 45.3 Å². The molecule has 72 heavy (non-hydrogen) atoms. The van der Waals surface area contributed by atoms with Gasteiger partial charge in [0.05, 0.1) is 5.57 Å². The topological polar surface area (TPSA) is 34.1 Å². The summed E-state index contributed by atoms with van der Waals surface area (Å²) in [7, 11) is 0. The molecular formula is C64H90O2S6. The smallest absolute Gasteiger partial charge is 0.226 e. The standard InChI is InChI=1S/C64H90O2S6/c1-7-11-15-19-22-24-26-28-31-35-39-49-51-43-54(58-47(41-45(5)67-58)37-34-30-21-17-13-9-3)69-60(51)50(40-36-32-29-27-25-23-20-16-12-8-2)52-44-55(70-61(49)52)59-48(38-33-18-14-10-4)42-53(68-59)56-62-57(71-64(56)66)46(6)63(65)72-62/h41-44H,7-40H2,1-6H3. The van der Waals surface area contributed by atoms with E-state index in [9.17, 15) is 9.59 Å². The maximum Gasteiger partial charge on any atom is 0.226 e. The molecule has 0 saturated heterocycles. The number of benzene rings is 1. The Morgan fingerprint density at radius 2 is 0.736 bits per heavy atom. The van der Waals surface area contributed by atoms with Crippen molar-refractivity contribution in [1.82, 2.24) is 0 Å². The minimum Gasteiger partial charge on any atom is -0.282 e. The van der Waals surface area contributed by atoms with E-state index >= 15 is 0 Å². The van der Waals surface area contributed by atoms with Gasteiger partial charge in [-0.1, -0.05) is 195 Å². The predicted molar refractivity (Wildman–Crippen MR) is 329 cm³/mol. The maximum atomic E-state index is 13.8. The molecule has 8 heteroatoms. The molecule has 0 unspecified atom stereocenters. The molecule has 0 fully saturated rings. The van der Waals surface area contributed by atoms with Crippen LogP contribution < -0.4 is 0 Å². The molecule has 2 aliphatic heterocycles. The Labute approximate surface area is 461 Å². The molecule has 7 rings (SSSR count). The van der Waals surface area contributed by atoms with Crippen LogP contribution in [0, 0.1) is 6.92 Å². The zero-order valence-corrected chi connectivity index (χ0v) is 50.5. The number of hydrogen-bond donors (Lipinski definition) is 0. The summed E-state index contributed by atoms with van der Waals surface area (Å²) < 4.78 is 3.08. The Kier molecular flexibility index (Phi) is 24.6. The Morgan fingerprint density at radius 1 is 0.361 bits per heavy atom. The molecule has 1 aromatic carbocycles. The molecule has 0 radical (unpaired) electrons. The van der Waals surface area contributed by atoms with Crippen LogP contribution in [-0.4, -0.2) is 10.2 Å². The van der Waals surface area contributed by atoms with Crippen molar-refractivity contribution in [2.75, 3.05) is 0 Å². The predicted octanol–water partition coefficient (Wildman–Crippen LogP) is 23.4. The highest BCUT2D eigenvalue weighted by Gasteiger charge is 2.39. The van der Waals surface area contributed by atoms with Gasteiger partial charge in [0.2, 0.25) is 10.2 Å². The zero-order chi connectivity index (χ0) is 50.7. The van der Waals surface area contributed by atoms with E-state index in [0.717, 1.165) is 51.5 Å². The third kappa shape index (κ3) is 15.6. The van der Waals surface area contributed by atoms with E-state index in [-0.39, 0.29) is 10.2 Å². The van der Waals surface area contributed by atoms with Gasteiger partial charge in [0.15, 0.2) is 0 Å². The van der Waals surface area contributed by atoms with Gasteiger partial charge in [0.25, 0.3) is 0 Å². The van der Waals surface area contributed by atoms with Gasteiger partial charge < -0.3 is 0 Å². The van der Waals surface area contributed by atoms with E-state index in [1.165, 1.54) is 262 Å². The lowest BCUT2D eigenvalue weighted by molar-refractivity contribution is -0.107. The molecule has 0 aliphatic carbocycles. The first-order valence-electron chi connectivity index (χ1n) is 29.4. The van der Waals surface area contributed by atoms with Crippen molar-refractivity contribution in [2.45, 2.75) is 260 Å². The second kappa shape index (κ2) is 30.7. The molecule has 0 spiro atoms. The third-order valence-electron chi connectivity index (χ3n) is 15.4. The van der Waals surface area contributed by atoms with Crippen LogP contribution in [0.4, 0.5) is 0 Å². The summed E-state index contributed by atoms with van der Waals surface area (Å²) in [6, 6.07) is 10.1. The van der Waals surface area contributed by atoms with Gasteiger partial charge in [-0.3, -0.25) is 9.59 Å². The highest BCUT2D eigenvalue weighted by Crippen LogP contribution is 2.56. The number of unbranched alkanes of at least 4 members (excludes halogenated alkanes) is 26. The molecule has 0 bridgehead atoms. The van der Waals surface area contributed by atoms with E-state index in [1.54, 1.807) is 21.4 Å². The van der Waals surface area contributed by atoms with E-state index in [0.29, 0.717) is 0 Å². The first-order valence-corrected chi connectivity index (χ1v) is 34.3. The van der Waals surface area contributed by atoms with Crippen LogP contribution in [0.1, 0.15) is 259 Å². The van der Waals surface area contributed by atoms with Gasteiger partial charge in [-0.25, -0.2) is 0 Å². The first-order chi connectivity index (χ1) is 35.3. The minimum atomic E-state index is 0.0924. The van der Waals surface area contributed by atoms with Gasteiger partial charge in [0.1, 0.15) is 0 Å². The fourth-order valence-electron chi connectivity index (χ4n) is 11.2. The van der Waals surface area contributed by atoms with E-state index in [4.69, 9.17) is 0 Å². The SMILES string of the molecule is CCCCCCCCCCCCc1c2cc(-c3sc(C4=C5SC(=O)C(C)=C5SC4=O)cc3CCCCCC)sc2c(CCCCCCCCCCCC)c2cc(-c3sc(C)cc3CCCCCCCC)sc12. The van der Waals surface area contributed by atoms with Crippen molar-refractivity contribution in [2.24, 2.45) is 0 Å². The lowest BCUT2D eigenvalue weighted by atomic mass is 9.94. The van der Waals surface area contributed by atoms with Gasteiger partial charge in [-0.05, 0) is 146 Å². The number of hydrogen-bond acceptors (Lipinski definition) is 8. The third-order valence-corrected chi connectivity index (χ3v) is 22.8. The maximum absolute atomic E-state index is 13.8. The van der Waals surface area contributed by atoms with Crippen molar-refractivity contribution >= 4 is 105 Å². The van der Waals surface area contributed by atoms with Crippen LogP contribution in [0.15, 0.2) is 39.6 Å². The Hall–Kier alpha value is -1.94. The number of aryl methyl sites for hydroxylation is 5. The van der Waals surface area contributed by atoms with Crippen molar-refractivity contribution < 1.29 is 9.59 Å².